The lowest BCUT2D eigenvalue weighted by Crippen LogP contribution is -2.24. The van der Waals surface area contributed by atoms with Gasteiger partial charge in [-0.2, -0.15) is 5.10 Å². The molecule has 4 heteroatoms. The molecule has 0 amide bonds. The van der Waals surface area contributed by atoms with Gasteiger partial charge in [0.15, 0.2) is 0 Å². The summed E-state index contributed by atoms with van der Waals surface area (Å²) >= 11 is 0. The van der Waals surface area contributed by atoms with Crippen molar-refractivity contribution in [2.75, 3.05) is 19.6 Å². The molecule has 3 N–H and O–H groups in total. The molecule has 0 fully saturated rings. The highest BCUT2D eigenvalue weighted by atomic mass is 15.1. The van der Waals surface area contributed by atoms with Crippen LogP contribution < -0.4 is 10.6 Å². The van der Waals surface area contributed by atoms with Crippen molar-refractivity contribution in [2.45, 2.75) is 46.6 Å². The number of aryl methyl sites for hydroxylation is 1. The Kier molecular flexibility index (Phi) is 7.69. The van der Waals surface area contributed by atoms with E-state index in [2.05, 4.69) is 47.7 Å². The molecule has 0 aromatic carbocycles. The standard InChI is InChI=1S/C14H28N4/c1-4-6-13-9-14(18-17-13)11-16-8-5-7-15-10-12(2)3/h9,12,15-16H,4-8,10-11H2,1-3H3,(H,17,18). The van der Waals surface area contributed by atoms with Crippen LogP contribution in [0.5, 0.6) is 0 Å². The Labute approximate surface area is 111 Å². The van der Waals surface area contributed by atoms with Gasteiger partial charge in [0.2, 0.25) is 0 Å². The lowest BCUT2D eigenvalue weighted by Gasteiger charge is -2.07. The van der Waals surface area contributed by atoms with Gasteiger partial charge < -0.3 is 10.6 Å². The van der Waals surface area contributed by atoms with E-state index in [0.717, 1.165) is 44.9 Å². The largest absolute Gasteiger partial charge is 0.316 e. The van der Waals surface area contributed by atoms with Crippen molar-refractivity contribution < 1.29 is 0 Å². The van der Waals surface area contributed by atoms with Gasteiger partial charge in [0.25, 0.3) is 0 Å². The minimum absolute atomic E-state index is 0.736. The zero-order valence-corrected chi connectivity index (χ0v) is 12.1. The third-order valence-corrected chi connectivity index (χ3v) is 2.77. The Bertz CT molecular complexity index is 306. The smallest absolute Gasteiger partial charge is 0.0625 e. The second kappa shape index (κ2) is 9.11. The molecule has 104 valence electrons. The quantitative estimate of drug-likeness (QED) is 0.559. The summed E-state index contributed by atoms with van der Waals surface area (Å²) in [7, 11) is 0. The average Bonchev–Trinajstić information content (AvgIpc) is 2.76. The Balaban J connectivity index is 2.00. The molecule has 0 radical (unpaired) electrons. The van der Waals surface area contributed by atoms with Gasteiger partial charge in [-0.25, -0.2) is 0 Å². The number of hydrogen-bond acceptors (Lipinski definition) is 3. The van der Waals surface area contributed by atoms with Crippen LogP contribution in [-0.4, -0.2) is 29.8 Å². The fraction of sp³-hybridized carbons (Fsp3) is 0.786. The third-order valence-electron chi connectivity index (χ3n) is 2.77. The lowest BCUT2D eigenvalue weighted by atomic mass is 10.2. The molecule has 0 saturated carbocycles. The van der Waals surface area contributed by atoms with Crippen molar-refractivity contribution in [1.82, 2.24) is 20.8 Å². The fourth-order valence-corrected chi connectivity index (χ4v) is 1.84. The van der Waals surface area contributed by atoms with Gasteiger partial charge in [-0.1, -0.05) is 27.2 Å². The molecular formula is C14H28N4. The number of H-pyrrole nitrogens is 1. The molecule has 1 aromatic rings. The summed E-state index contributed by atoms with van der Waals surface area (Å²) in [5.41, 5.74) is 2.36. The third kappa shape index (κ3) is 6.77. The number of aromatic amines is 1. The first-order chi connectivity index (χ1) is 8.72. The lowest BCUT2D eigenvalue weighted by molar-refractivity contribution is 0.529. The van der Waals surface area contributed by atoms with Gasteiger partial charge in [-0.15, -0.1) is 0 Å². The van der Waals surface area contributed by atoms with Crippen LogP contribution in [0.25, 0.3) is 0 Å². The first-order valence-corrected chi connectivity index (χ1v) is 7.17. The number of nitrogens with one attached hydrogen (secondary N) is 3. The molecule has 0 bridgehead atoms. The number of rotatable bonds is 10. The molecule has 0 saturated heterocycles. The van der Waals surface area contributed by atoms with Gasteiger partial charge >= 0.3 is 0 Å². The monoisotopic (exact) mass is 252 g/mol. The van der Waals surface area contributed by atoms with Gasteiger partial charge in [0, 0.05) is 12.2 Å². The maximum absolute atomic E-state index is 4.28. The van der Waals surface area contributed by atoms with Crippen LogP contribution in [0.1, 0.15) is 45.0 Å². The Hall–Kier alpha value is -0.870. The fourth-order valence-electron chi connectivity index (χ4n) is 1.84. The van der Waals surface area contributed by atoms with Gasteiger partial charge in [-0.05, 0) is 44.5 Å². The van der Waals surface area contributed by atoms with Crippen molar-refractivity contribution in [1.29, 1.82) is 0 Å². The maximum Gasteiger partial charge on any atom is 0.0625 e. The molecule has 0 aliphatic carbocycles. The van der Waals surface area contributed by atoms with Crippen LogP contribution >= 0.6 is 0 Å². The summed E-state index contributed by atoms with van der Waals surface area (Å²) in [4.78, 5) is 0. The van der Waals surface area contributed by atoms with E-state index in [4.69, 9.17) is 0 Å². The normalized spacial score (nSPS) is 11.3. The highest BCUT2D eigenvalue weighted by Crippen LogP contribution is 2.01. The number of nitrogens with zero attached hydrogens (tertiary/aromatic N) is 1. The highest BCUT2D eigenvalue weighted by molar-refractivity contribution is 5.08. The average molecular weight is 252 g/mol. The van der Waals surface area contributed by atoms with Crippen LogP contribution in [0.15, 0.2) is 6.07 Å². The molecule has 0 aliphatic rings. The van der Waals surface area contributed by atoms with E-state index in [1.807, 2.05) is 0 Å². The molecular weight excluding hydrogens is 224 g/mol. The SMILES string of the molecule is CCCc1cc(CNCCCNCC(C)C)[nH]n1. The van der Waals surface area contributed by atoms with Crippen molar-refractivity contribution in [3.63, 3.8) is 0 Å². The maximum atomic E-state index is 4.28. The second-order valence-electron chi connectivity index (χ2n) is 5.26. The molecule has 0 unspecified atom stereocenters. The summed E-state index contributed by atoms with van der Waals surface area (Å²) in [5, 5.41) is 14.2. The molecule has 1 rings (SSSR count). The molecule has 0 atom stereocenters. The van der Waals surface area contributed by atoms with E-state index >= 15 is 0 Å². The van der Waals surface area contributed by atoms with Crippen LogP contribution in [0, 0.1) is 5.92 Å². The van der Waals surface area contributed by atoms with E-state index in [-0.39, 0.29) is 0 Å². The van der Waals surface area contributed by atoms with Gasteiger partial charge in [0.1, 0.15) is 0 Å². The van der Waals surface area contributed by atoms with Gasteiger partial charge in [-0.3, -0.25) is 5.10 Å². The molecule has 18 heavy (non-hydrogen) atoms. The minimum atomic E-state index is 0.736. The predicted octanol–water partition coefficient (Wildman–Crippen LogP) is 2.09. The van der Waals surface area contributed by atoms with Crippen molar-refractivity contribution in [2.24, 2.45) is 5.92 Å². The van der Waals surface area contributed by atoms with Crippen molar-refractivity contribution in [3.05, 3.63) is 17.5 Å². The Morgan fingerprint density at radius 2 is 2.06 bits per heavy atom. The van der Waals surface area contributed by atoms with Crippen LogP contribution in [0.2, 0.25) is 0 Å². The minimum Gasteiger partial charge on any atom is -0.316 e. The first-order valence-electron chi connectivity index (χ1n) is 7.17. The highest BCUT2D eigenvalue weighted by Gasteiger charge is 1.99. The van der Waals surface area contributed by atoms with E-state index in [1.54, 1.807) is 0 Å². The summed E-state index contributed by atoms with van der Waals surface area (Å²) in [6.07, 6.45) is 3.39. The first kappa shape index (κ1) is 15.2. The molecule has 1 heterocycles. The molecule has 1 aromatic heterocycles. The zero-order chi connectivity index (χ0) is 13.2. The Morgan fingerprint density at radius 3 is 2.78 bits per heavy atom. The Morgan fingerprint density at radius 1 is 1.28 bits per heavy atom. The second-order valence-corrected chi connectivity index (χ2v) is 5.26. The van der Waals surface area contributed by atoms with E-state index < -0.39 is 0 Å². The van der Waals surface area contributed by atoms with Crippen LogP contribution in [0.4, 0.5) is 0 Å². The zero-order valence-electron chi connectivity index (χ0n) is 12.1. The predicted molar refractivity (Wildman–Crippen MR) is 76.6 cm³/mol. The van der Waals surface area contributed by atoms with Crippen molar-refractivity contribution in [3.8, 4) is 0 Å². The molecule has 0 aliphatic heterocycles. The molecule has 0 spiro atoms. The van der Waals surface area contributed by atoms with Crippen molar-refractivity contribution >= 4 is 0 Å². The van der Waals surface area contributed by atoms with Crippen LogP contribution in [-0.2, 0) is 13.0 Å². The summed E-state index contributed by atoms with van der Waals surface area (Å²) < 4.78 is 0. The van der Waals surface area contributed by atoms with E-state index in [0.29, 0.717) is 0 Å². The molecule has 4 nitrogen and oxygen atoms in total. The summed E-state index contributed by atoms with van der Waals surface area (Å²) in [6, 6.07) is 2.16. The summed E-state index contributed by atoms with van der Waals surface area (Å²) in [6.45, 7) is 10.8. The topological polar surface area (TPSA) is 52.7 Å². The number of hydrogen-bond donors (Lipinski definition) is 3. The summed E-state index contributed by atoms with van der Waals surface area (Å²) in [5.74, 6) is 0.736. The van der Waals surface area contributed by atoms with Crippen LogP contribution in [0.3, 0.4) is 0 Å². The number of aromatic nitrogens is 2. The van der Waals surface area contributed by atoms with E-state index in [9.17, 15) is 0 Å². The van der Waals surface area contributed by atoms with Gasteiger partial charge in [0.05, 0.1) is 5.69 Å². The van der Waals surface area contributed by atoms with E-state index in [1.165, 1.54) is 17.8 Å².